The van der Waals surface area contributed by atoms with Gasteiger partial charge in [-0.25, -0.2) is 0 Å². The van der Waals surface area contributed by atoms with Crippen LogP contribution in [-0.4, -0.2) is 34.0 Å². The van der Waals surface area contributed by atoms with Gasteiger partial charge in [0.25, 0.3) is 5.91 Å². The van der Waals surface area contributed by atoms with Crippen LogP contribution in [0.3, 0.4) is 0 Å². The molecule has 3 aromatic rings. The fourth-order valence-electron chi connectivity index (χ4n) is 4.89. The van der Waals surface area contributed by atoms with Crippen molar-refractivity contribution in [2.24, 2.45) is 5.92 Å². The van der Waals surface area contributed by atoms with Crippen molar-refractivity contribution >= 4 is 34.4 Å². The molecule has 2 aliphatic carbocycles. The van der Waals surface area contributed by atoms with Crippen LogP contribution in [0.5, 0.6) is 0 Å². The zero-order valence-electron chi connectivity index (χ0n) is 21.5. The Hall–Kier alpha value is -4.12. The molecule has 1 aromatic heterocycles. The lowest BCUT2D eigenvalue weighted by molar-refractivity contribution is -0.137. The molecule has 0 aliphatic heterocycles. The number of anilines is 1. The van der Waals surface area contributed by atoms with E-state index in [4.69, 9.17) is 5.11 Å². The Kier molecular flexibility index (Phi) is 7.19. The van der Waals surface area contributed by atoms with Crippen LogP contribution in [0.1, 0.15) is 84.5 Å². The highest BCUT2D eigenvalue weighted by Gasteiger charge is 2.30. The summed E-state index contributed by atoms with van der Waals surface area (Å²) in [6.45, 7) is 2.52. The third-order valence-corrected chi connectivity index (χ3v) is 7.52. The monoisotopic (exact) mass is 512 g/mol. The van der Waals surface area contributed by atoms with Gasteiger partial charge in [0.2, 0.25) is 5.91 Å². The molecule has 2 amide bonds. The number of nitrogens with zero attached hydrogens (tertiary/aromatic N) is 2. The molecule has 2 fully saturated rings. The summed E-state index contributed by atoms with van der Waals surface area (Å²) in [5, 5.41) is 25.4. The summed E-state index contributed by atoms with van der Waals surface area (Å²) in [5.41, 5.74) is 4.35. The molecule has 0 saturated heterocycles. The maximum atomic E-state index is 13.5. The maximum absolute atomic E-state index is 13.5. The fourth-order valence-corrected chi connectivity index (χ4v) is 4.89. The lowest BCUT2D eigenvalue weighted by Gasteiger charge is -2.18. The van der Waals surface area contributed by atoms with E-state index in [1.165, 1.54) is 5.56 Å². The van der Waals surface area contributed by atoms with Gasteiger partial charge in [-0.2, -0.15) is 5.26 Å². The van der Waals surface area contributed by atoms with E-state index in [2.05, 4.69) is 16.7 Å². The van der Waals surface area contributed by atoms with Crippen LogP contribution in [0.2, 0.25) is 0 Å². The van der Waals surface area contributed by atoms with E-state index in [1.807, 2.05) is 35.9 Å². The van der Waals surface area contributed by atoms with E-state index in [9.17, 15) is 19.6 Å². The quantitative estimate of drug-likeness (QED) is 0.328. The Bertz CT molecular complexity index is 1440. The molecule has 8 nitrogen and oxygen atoms in total. The number of fused-ring (bicyclic) bond motifs is 1. The second kappa shape index (κ2) is 10.7. The summed E-state index contributed by atoms with van der Waals surface area (Å²) < 4.78 is 1.94. The van der Waals surface area contributed by atoms with Crippen molar-refractivity contribution in [3.63, 3.8) is 0 Å². The largest absolute Gasteiger partial charge is 0.481 e. The Balaban J connectivity index is 1.41. The number of nitrogens with one attached hydrogen (secondary N) is 2. The first-order chi connectivity index (χ1) is 18.3. The molecule has 2 aromatic carbocycles. The molecule has 3 N–H and O–H groups in total. The Morgan fingerprint density at radius 2 is 1.92 bits per heavy atom. The van der Waals surface area contributed by atoms with Crippen LogP contribution in [0.25, 0.3) is 10.9 Å². The Labute approximate surface area is 221 Å². The number of hydrogen-bond acceptors (Lipinski definition) is 4. The molecule has 1 atom stereocenters. The summed E-state index contributed by atoms with van der Waals surface area (Å²) >= 11 is 0. The van der Waals surface area contributed by atoms with Crippen molar-refractivity contribution < 1.29 is 19.5 Å². The Morgan fingerprint density at radius 3 is 2.61 bits per heavy atom. The van der Waals surface area contributed by atoms with Gasteiger partial charge in [-0.1, -0.05) is 12.1 Å². The molecule has 5 rings (SSSR count). The number of carboxylic acid groups (broad SMARTS) is 1. The zero-order valence-corrected chi connectivity index (χ0v) is 21.5. The number of carboxylic acids is 1. The molecule has 0 bridgehead atoms. The molecule has 2 saturated carbocycles. The van der Waals surface area contributed by atoms with Gasteiger partial charge >= 0.3 is 5.97 Å². The highest BCUT2D eigenvalue weighted by atomic mass is 16.4. The predicted molar refractivity (Wildman–Crippen MR) is 144 cm³/mol. The second-order valence-corrected chi connectivity index (χ2v) is 10.5. The first kappa shape index (κ1) is 25.5. The molecule has 8 heteroatoms. The number of rotatable bonds is 11. The summed E-state index contributed by atoms with van der Waals surface area (Å²) in [6.07, 6.45) is 7.53. The van der Waals surface area contributed by atoms with Crippen LogP contribution in [0.15, 0.2) is 42.6 Å². The topological polar surface area (TPSA) is 124 Å². The van der Waals surface area contributed by atoms with Crippen molar-refractivity contribution in [3.8, 4) is 6.07 Å². The van der Waals surface area contributed by atoms with Gasteiger partial charge < -0.3 is 20.3 Å². The Morgan fingerprint density at radius 1 is 1.13 bits per heavy atom. The van der Waals surface area contributed by atoms with Crippen molar-refractivity contribution in [1.82, 2.24) is 9.88 Å². The molecule has 0 radical (unpaired) electrons. The summed E-state index contributed by atoms with van der Waals surface area (Å²) in [6, 6.07) is 12.3. The smallest absolute Gasteiger partial charge is 0.303 e. The van der Waals surface area contributed by atoms with Crippen LogP contribution >= 0.6 is 0 Å². The minimum Gasteiger partial charge on any atom is -0.481 e. The molecule has 2 aliphatic rings. The van der Waals surface area contributed by atoms with E-state index >= 15 is 0 Å². The molecule has 0 spiro atoms. The van der Waals surface area contributed by atoms with Crippen molar-refractivity contribution in [3.05, 3.63) is 64.8 Å². The number of hydrogen-bond donors (Lipinski definition) is 3. The second-order valence-electron chi connectivity index (χ2n) is 10.5. The molecule has 1 unspecified atom stereocenters. The van der Waals surface area contributed by atoms with Gasteiger partial charge in [0.15, 0.2) is 0 Å². The van der Waals surface area contributed by atoms with Gasteiger partial charge in [-0.15, -0.1) is 0 Å². The number of carbonyl (C=O) groups excluding carboxylic acids is 2. The molecule has 196 valence electrons. The third-order valence-electron chi connectivity index (χ3n) is 7.52. The van der Waals surface area contributed by atoms with E-state index in [0.29, 0.717) is 48.0 Å². The van der Waals surface area contributed by atoms with Gasteiger partial charge in [-0.3, -0.25) is 14.4 Å². The van der Waals surface area contributed by atoms with Crippen molar-refractivity contribution in [2.75, 3.05) is 11.9 Å². The molecule has 38 heavy (non-hydrogen) atoms. The number of aryl methyl sites for hydroxylation is 1. The minimum absolute atomic E-state index is 0.0274. The number of nitriles is 1. The van der Waals surface area contributed by atoms with Crippen molar-refractivity contribution in [2.45, 2.75) is 63.8 Å². The van der Waals surface area contributed by atoms with Crippen LogP contribution in [0.4, 0.5) is 5.69 Å². The third kappa shape index (κ3) is 5.72. The van der Waals surface area contributed by atoms with Crippen molar-refractivity contribution in [1.29, 1.82) is 5.26 Å². The SMILES string of the molecule is CC(C(=O)Nc1cc(C#N)ccc1CCCC(=O)O)n1cc(C2CC2)c2ccc(C(=O)NCC3CC3)cc21. The fraction of sp³-hybridized carbons (Fsp3) is 0.400. The van der Waals surface area contributed by atoms with Gasteiger partial charge in [0, 0.05) is 41.3 Å². The number of aliphatic carboxylic acids is 1. The predicted octanol–water partition coefficient (Wildman–Crippen LogP) is 5.14. The number of carbonyl (C=O) groups is 3. The van der Waals surface area contributed by atoms with Crippen LogP contribution in [0, 0.1) is 17.2 Å². The summed E-state index contributed by atoms with van der Waals surface area (Å²) in [5.74, 6) is -0.162. The minimum atomic E-state index is -0.871. The maximum Gasteiger partial charge on any atom is 0.303 e. The first-order valence-electron chi connectivity index (χ1n) is 13.3. The van der Waals surface area contributed by atoms with Gasteiger partial charge in [0.1, 0.15) is 6.04 Å². The summed E-state index contributed by atoms with van der Waals surface area (Å²) in [7, 11) is 0. The number of amides is 2. The highest BCUT2D eigenvalue weighted by Crippen LogP contribution is 2.44. The van der Waals surface area contributed by atoms with Crippen LogP contribution in [-0.2, 0) is 16.0 Å². The normalized spacial score (nSPS) is 15.6. The average molecular weight is 513 g/mol. The molecular formula is C30H32N4O4. The standard InChI is InChI=1S/C30H32N4O4/c1-18(29(37)33-26-13-20(15-31)7-8-22(26)3-2-4-28(35)36)34-17-25(21-9-10-21)24-12-11-23(14-27(24)34)30(38)32-16-19-5-6-19/h7-8,11-14,17-19,21H,2-6,9-10,16H2,1H3,(H,32,38)(H,33,37)(H,35,36). The number of benzene rings is 2. The van der Waals surface area contributed by atoms with Crippen LogP contribution < -0.4 is 10.6 Å². The average Bonchev–Trinajstić information content (AvgIpc) is 3.85. The first-order valence-corrected chi connectivity index (χ1v) is 13.3. The summed E-state index contributed by atoms with van der Waals surface area (Å²) in [4.78, 5) is 37.2. The zero-order chi connectivity index (χ0) is 26.8. The van der Waals surface area contributed by atoms with E-state index in [0.717, 1.165) is 42.1 Å². The van der Waals surface area contributed by atoms with E-state index < -0.39 is 12.0 Å². The van der Waals surface area contributed by atoms with E-state index in [-0.39, 0.29) is 18.2 Å². The molecule has 1 heterocycles. The lowest BCUT2D eigenvalue weighted by atomic mass is 10.0. The highest BCUT2D eigenvalue weighted by molar-refractivity contribution is 6.00. The van der Waals surface area contributed by atoms with Gasteiger partial charge in [-0.05, 0) is 92.7 Å². The van der Waals surface area contributed by atoms with Gasteiger partial charge in [0.05, 0.1) is 11.6 Å². The van der Waals surface area contributed by atoms with E-state index in [1.54, 1.807) is 18.2 Å². The number of aromatic nitrogens is 1. The molecular weight excluding hydrogens is 480 g/mol. The lowest BCUT2D eigenvalue weighted by Crippen LogP contribution is -2.26.